The summed E-state index contributed by atoms with van der Waals surface area (Å²) in [6, 6.07) is 7.58. The number of methoxy groups -OCH3 is 1. The van der Waals surface area contributed by atoms with Gasteiger partial charge in [-0.2, -0.15) is 0 Å². The van der Waals surface area contributed by atoms with Gasteiger partial charge in [-0.1, -0.05) is 23.7 Å². The van der Waals surface area contributed by atoms with Gasteiger partial charge in [-0.15, -0.1) is 0 Å². The number of benzene rings is 1. The van der Waals surface area contributed by atoms with Crippen molar-refractivity contribution < 1.29 is 23.8 Å². The number of alkyl carbamates (subject to hydrolysis) is 1. The average Bonchev–Trinajstić information content (AvgIpc) is 2.69. The average molecular weight is 441 g/mol. The summed E-state index contributed by atoms with van der Waals surface area (Å²) >= 11 is 6.25. The number of carbonyl (C=O) groups is 2. The molecule has 0 radical (unpaired) electrons. The van der Waals surface area contributed by atoms with Crippen LogP contribution in [0.1, 0.15) is 46.1 Å². The second kappa shape index (κ2) is 10.4. The molecule has 168 valence electrons. The molecule has 2 atom stereocenters. The third-order valence-corrected chi connectivity index (χ3v) is 5.44. The third-order valence-electron chi connectivity index (χ3n) is 5.21. The highest BCUT2D eigenvalue weighted by atomic mass is 35.5. The van der Waals surface area contributed by atoms with Crippen molar-refractivity contribution in [2.75, 3.05) is 33.4 Å². The van der Waals surface area contributed by atoms with Crippen LogP contribution in [0.4, 0.5) is 9.59 Å². The summed E-state index contributed by atoms with van der Waals surface area (Å²) < 4.78 is 16.5. The molecule has 1 saturated heterocycles. The van der Waals surface area contributed by atoms with Crippen LogP contribution in [0.2, 0.25) is 5.02 Å². The summed E-state index contributed by atoms with van der Waals surface area (Å²) in [6.07, 6.45) is 0.932. The molecule has 7 nitrogen and oxygen atoms in total. The third kappa shape index (κ3) is 6.77. The van der Waals surface area contributed by atoms with Gasteiger partial charge in [0.15, 0.2) is 0 Å². The molecule has 0 saturated carbocycles. The van der Waals surface area contributed by atoms with Gasteiger partial charge in [0.2, 0.25) is 0 Å². The fourth-order valence-corrected chi connectivity index (χ4v) is 3.83. The van der Waals surface area contributed by atoms with Crippen molar-refractivity contribution in [1.29, 1.82) is 0 Å². The van der Waals surface area contributed by atoms with E-state index in [1.54, 1.807) is 4.90 Å². The van der Waals surface area contributed by atoms with Crippen molar-refractivity contribution in [2.24, 2.45) is 5.92 Å². The molecule has 1 heterocycles. The van der Waals surface area contributed by atoms with E-state index in [4.69, 9.17) is 21.1 Å². The molecule has 8 heteroatoms. The largest absolute Gasteiger partial charge is 0.453 e. The lowest BCUT2D eigenvalue weighted by molar-refractivity contribution is -0.0964. The van der Waals surface area contributed by atoms with Gasteiger partial charge < -0.3 is 24.4 Å². The van der Waals surface area contributed by atoms with Gasteiger partial charge >= 0.3 is 12.2 Å². The monoisotopic (exact) mass is 440 g/mol. The Balaban J connectivity index is 2.18. The summed E-state index contributed by atoms with van der Waals surface area (Å²) in [6.45, 7) is 9.37. The van der Waals surface area contributed by atoms with Crippen LogP contribution in [0.15, 0.2) is 24.3 Å². The number of halogens is 1. The van der Waals surface area contributed by atoms with Crippen LogP contribution in [0.5, 0.6) is 0 Å². The Morgan fingerprint density at radius 2 is 2.00 bits per heavy atom. The van der Waals surface area contributed by atoms with Crippen LogP contribution in [0.3, 0.4) is 0 Å². The highest BCUT2D eigenvalue weighted by Gasteiger charge is 2.41. The lowest BCUT2D eigenvalue weighted by Crippen LogP contribution is -2.49. The van der Waals surface area contributed by atoms with Crippen LogP contribution in [-0.4, -0.2) is 56.0 Å². The fourth-order valence-electron chi connectivity index (χ4n) is 3.64. The highest BCUT2D eigenvalue weighted by Crippen LogP contribution is 2.39. The van der Waals surface area contributed by atoms with Gasteiger partial charge in [-0.25, -0.2) is 9.59 Å². The number of hydrogen-bond donors (Lipinski definition) is 1. The Labute approximate surface area is 184 Å². The number of ether oxygens (including phenoxy) is 3. The number of nitrogens with zero attached hydrogens (tertiary/aromatic N) is 1. The number of piperidine rings is 1. The molecular formula is C22H33ClN2O5. The zero-order chi connectivity index (χ0) is 22.4. The minimum absolute atomic E-state index is 0.0374. The molecule has 1 fully saturated rings. The van der Waals surface area contributed by atoms with Crippen LogP contribution in [-0.2, 0) is 19.8 Å². The van der Waals surface area contributed by atoms with E-state index in [9.17, 15) is 9.59 Å². The SMILES string of the molecule is COC(=O)NCCO[C@](C)(c1cccc(Cl)c1)[C@@H]1CCCN(C(=O)OC(C)(C)C)C1. The van der Waals surface area contributed by atoms with E-state index < -0.39 is 17.3 Å². The Morgan fingerprint density at radius 3 is 2.63 bits per heavy atom. The Bertz CT molecular complexity index is 736. The number of nitrogens with one attached hydrogen (secondary N) is 1. The van der Waals surface area contributed by atoms with E-state index in [0.717, 1.165) is 18.4 Å². The molecule has 0 aliphatic carbocycles. The Morgan fingerprint density at radius 1 is 1.27 bits per heavy atom. The summed E-state index contributed by atoms with van der Waals surface area (Å²) in [5, 5.41) is 3.25. The first-order valence-corrected chi connectivity index (χ1v) is 10.6. The fraction of sp³-hybridized carbons (Fsp3) is 0.636. The van der Waals surface area contributed by atoms with Crippen LogP contribution in [0, 0.1) is 5.92 Å². The smallest absolute Gasteiger partial charge is 0.410 e. The summed E-state index contributed by atoms with van der Waals surface area (Å²) in [5.74, 6) is 0.0374. The van der Waals surface area contributed by atoms with Crippen molar-refractivity contribution in [3.8, 4) is 0 Å². The van der Waals surface area contributed by atoms with Gasteiger partial charge in [-0.3, -0.25) is 0 Å². The molecule has 2 rings (SSSR count). The molecule has 0 unspecified atom stereocenters. The van der Waals surface area contributed by atoms with Gasteiger partial charge in [0.25, 0.3) is 0 Å². The molecule has 1 aromatic carbocycles. The number of amides is 2. The predicted molar refractivity (Wildman–Crippen MR) is 116 cm³/mol. The van der Waals surface area contributed by atoms with Crippen molar-refractivity contribution in [3.63, 3.8) is 0 Å². The number of hydrogen-bond acceptors (Lipinski definition) is 5. The minimum atomic E-state index is -0.691. The van der Waals surface area contributed by atoms with E-state index >= 15 is 0 Å². The molecule has 1 aliphatic heterocycles. The number of carbonyl (C=O) groups excluding carboxylic acids is 2. The van der Waals surface area contributed by atoms with Crippen molar-refractivity contribution >= 4 is 23.8 Å². The number of likely N-dealkylation sites (tertiary alicyclic amines) is 1. The van der Waals surface area contributed by atoms with Gasteiger partial charge in [0.1, 0.15) is 5.60 Å². The highest BCUT2D eigenvalue weighted by molar-refractivity contribution is 6.30. The van der Waals surface area contributed by atoms with E-state index in [0.29, 0.717) is 31.3 Å². The molecule has 1 N–H and O–H groups in total. The standard InChI is InChI=1S/C22H33ClN2O5/c1-21(2,3)30-20(27)25-12-7-9-17(15-25)22(4,16-8-6-10-18(23)14-16)29-13-11-24-19(26)28-5/h6,8,10,14,17H,7,9,11-13,15H2,1-5H3,(H,24,26)/t17-,22-/m1/s1. The lowest BCUT2D eigenvalue weighted by atomic mass is 9.78. The topological polar surface area (TPSA) is 77.1 Å². The molecule has 1 aromatic rings. The van der Waals surface area contributed by atoms with Crippen molar-refractivity contribution in [3.05, 3.63) is 34.9 Å². The summed E-state index contributed by atoms with van der Waals surface area (Å²) in [4.78, 5) is 25.7. The maximum Gasteiger partial charge on any atom is 0.410 e. The van der Waals surface area contributed by atoms with Crippen molar-refractivity contribution in [1.82, 2.24) is 10.2 Å². The Hall–Kier alpha value is -1.99. The molecule has 0 aromatic heterocycles. The first-order chi connectivity index (χ1) is 14.0. The second-order valence-electron chi connectivity index (χ2n) is 8.65. The first kappa shape index (κ1) is 24.3. The molecule has 2 amide bonds. The number of rotatable bonds is 6. The molecule has 30 heavy (non-hydrogen) atoms. The van der Waals surface area contributed by atoms with E-state index in [1.165, 1.54) is 7.11 Å². The van der Waals surface area contributed by atoms with Crippen LogP contribution < -0.4 is 5.32 Å². The van der Waals surface area contributed by atoms with E-state index in [-0.39, 0.29) is 12.0 Å². The maximum absolute atomic E-state index is 12.6. The molecule has 0 bridgehead atoms. The summed E-state index contributed by atoms with van der Waals surface area (Å²) in [7, 11) is 1.32. The molecule has 0 spiro atoms. The second-order valence-corrected chi connectivity index (χ2v) is 9.09. The normalized spacial score (nSPS) is 19.0. The predicted octanol–water partition coefficient (Wildman–Crippen LogP) is 4.57. The summed E-state index contributed by atoms with van der Waals surface area (Å²) in [5.41, 5.74) is -0.302. The van der Waals surface area contributed by atoms with E-state index in [1.807, 2.05) is 52.0 Å². The lowest BCUT2D eigenvalue weighted by Gasteiger charge is -2.43. The van der Waals surface area contributed by atoms with Gasteiger partial charge in [-0.05, 0) is 58.2 Å². The first-order valence-electron chi connectivity index (χ1n) is 10.2. The molecular weight excluding hydrogens is 408 g/mol. The zero-order valence-corrected chi connectivity index (χ0v) is 19.3. The minimum Gasteiger partial charge on any atom is -0.453 e. The zero-order valence-electron chi connectivity index (χ0n) is 18.5. The van der Waals surface area contributed by atoms with Gasteiger partial charge in [0.05, 0.1) is 19.3 Å². The van der Waals surface area contributed by atoms with Crippen LogP contribution >= 0.6 is 11.6 Å². The quantitative estimate of drug-likeness (QED) is 0.655. The Kier molecular flexibility index (Phi) is 8.38. The molecule has 1 aliphatic rings. The van der Waals surface area contributed by atoms with Crippen molar-refractivity contribution in [2.45, 2.75) is 51.7 Å². The van der Waals surface area contributed by atoms with Crippen LogP contribution in [0.25, 0.3) is 0 Å². The van der Waals surface area contributed by atoms with E-state index in [2.05, 4.69) is 10.1 Å². The van der Waals surface area contributed by atoms with Gasteiger partial charge in [0, 0.05) is 30.6 Å². The maximum atomic E-state index is 12.6.